The number of Topliss-reactive ketones (excluding diaryl/α,β-unsaturated/α-hetero) is 2. The predicted molar refractivity (Wildman–Crippen MR) is 156 cm³/mol. The number of nitrogens with two attached hydrogens (primary N) is 1. The largest absolute Gasteiger partial charge is 0.508 e. The lowest BCUT2D eigenvalue weighted by atomic mass is 9.51. The van der Waals surface area contributed by atoms with E-state index >= 15 is 0 Å². The molecule has 11 heteroatoms. The van der Waals surface area contributed by atoms with Gasteiger partial charge in [0.1, 0.15) is 28.9 Å². The third kappa shape index (κ3) is 3.69. The number of benzene rings is 1. The molecule has 42 heavy (non-hydrogen) atoms. The van der Waals surface area contributed by atoms with Crippen molar-refractivity contribution in [1.82, 2.24) is 4.90 Å². The summed E-state index contributed by atoms with van der Waals surface area (Å²) in [6.45, 7) is 12.9. The van der Waals surface area contributed by atoms with Crippen LogP contribution in [0.25, 0.3) is 5.76 Å². The first-order valence-corrected chi connectivity index (χ1v) is 13.8. The van der Waals surface area contributed by atoms with Gasteiger partial charge in [-0.25, -0.2) is 0 Å². The van der Waals surface area contributed by atoms with Crippen LogP contribution < -0.4 is 10.6 Å². The number of aromatic hydroxyl groups is 1. The zero-order valence-electron chi connectivity index (χ0n) is 23.0. The number of nitrogens with one attached hydrogen (secondary N) is 1. The van der Waals surface area contributed by atoms with E-state index in [2.05, 4.69) is 19.7 Å². The summed E-state index contributed by atoms with van der Waals surface area (Å²) >= 11 is 0. The molecule has 220 valence electrons. The number of rotatable bonds is 7. The summed E-state index contributed by atoms with van der Waals surface area (Å²) < 4.78 is 0. The molecule has 0 radical (unpaired) electrons. The minimum absolute atomic E-state index is 0.00155. The number of piperidine rings is 1. The van der Waals surface area contributed by atoms with Crippen molar-refractivity contribution in [3.8, 4) is 5.75 Å². The first-order valence-electron chi connectivity index (χ1n) is 13.8. The summed E-state index contributed by atoms with van der Waals surface area (Å²) in [5, 5.41) is 54.4. The van der Waals surface area contributed by atoms with Crippen molar-refractivity contribution in [3.63, 3.8) is 0 Å². The van der Waals surface area contributed by atoms with Crippen LogP contribution in [0, 0.1) is 23.2 Å². The van der Waals surface area contributed by atoms with Crippen molar-refractivity contribution in [2.45, 2.75) is 36.8 Å². The first kappa shape index (κ1) is 28.9. The van der Waals surface area contributed by atoms with Crippen molar-refractivity contribution < 1.29 is 34.8 Å². The van der Waals surface area contributed by atoms with Crippen LogP contribution in [0.15, 0.2) is 67.1 Å². The normalized spacial score (nSPS) is 30.6. The Morgan fingerprint density at radius 1 is 1.10 bits per heavy atom. The fourth-order valence-electron chi connectivity index (χ4n) is 7.42. The molecule has 11 nitrogen and oxygen atoms in total. The number of primary amides is 1. The van der Waals surface area contributed by atoms with Gasteiger partial charge >= 0.3 is 0 Å². The van der Waals surface area contributed by atoms with E-state index in [4.69, 9.17) is 11.1 Å². The Morgan fingerprint density at radius 3 is 2.31 bits per heavy atom. The Morgan fingerprint density at radius 2 is 1.76 bits per heavy atom. The Kier molecular flexibility index (Phi) is 7.10. The fraction of sp³-hybridized carbons (Fsp3) is 0.355. The van der Waals surface area contributed by atoms with Crippen LogP contribution in [0.3, 0.4) is 0 Å². The van der Waals surface area contributed by atoms with E-state index in [1.165, 1.54) is 6.08 Å². The molecule has 0 aromatic heterocycles. The summed E-state index contributed by atoms with van der Waals surface area (Å²) in [6, 6.07) is 1.96. The van der Waals surface area contributed by atoms with E-state index in [1.807, 2.05) is 4.90 Å². The molecule has 0 spiro atoms. The van der Waals surface area contributed by atoms with Gasteiger partial charge in [-0.1, -0.05) is 24.8 Å². The van der Waals surface area contributed by atoms with Gasteiger partial charge in [0.15, 0.2) is 11.4 Å². The molecular formula is C31H34N4O7. The summed E-state index contributed by atoms with van der Waals surface area (Å²) in [5.74, 6) is -9.77. The second-order valence-electron chi connectivity index (χ2n) is 11.1. The number of allylic oxidation sites excluding steroid dienone is 2. The Balaban J connectivity index is 1.82. The van der Waals surface area contributed by atoms with Gasteiger partial charge in [0.25, 0.3) is 5.91 Å². The van der Waals surface area contributed by atoms with E-state index in [-0.39, 0.29) is 16.9 Å². The predicted octanol–water partition coefficient (Wildman–Crippen LogP) is 2.58. The van der Waals surface area contributed by atoms with Gasteiger partial charge in [-0.2, -0.15) is 0 Å². The molecule has 1 saturated heterocycles. The molecule has 0 bridgehead atoms. The topological polar surface area (TPSA) is 188 Å². The van der Waals surface area contributed by atoms with E-state index in [9.17, 15) is 34.8 Å². The third-order valence-corrected chi connectivity index (χ3v) is 9.27. The highest BCUT2D eigenvalue weighted by molar-refractivity contribution is 6.25. The molecule has 1 heterocycles. The molecule has 0 unspecified atom stereocenters. The van der Waals surface area contributed by atoms with Crippen LogP contribution >= 0.6 is 0 Å². The lowest BCUT2D eigenvalue weighted by molar-refractivity contribution is -0.156. The molecule has 4 aliphatic rings. The Hall–Kier alpha value is -4.64. The smallest absolute Gasteiger partial charge is 0.255 e. The molecule has 3 aliphatic carbocycles. The van der Waals surface area contributed by atoms with Crippen LogP contribution in [-0.4, -0.2) is 73.9 Å². The van der Waals surface area contributed by atoms with Crippen molar-refractivity contribution in [2.24, 2.45) is 23.5 Å². The molecule has 1 saturated carbocycles. The minimum Gasteiger partial charge on any atom is -0.508 e. The first-order chi connectivity index (χ1) is 20.0. The fourth-order valence-corrected chi connectivity index (χ4v) is 7.42. The van der Waals surface area contributed by atoms with Gasteiger partial charge in [0.05, 0.1) is 17.6 Å². The summed E-state index contributed by atoms with van der Waals surface area (Å²) in [6.07, 6.45) is 7.73. The van der Waals surface area contributed by atoms with Crippen LogP contribution in [-0.2, 0) is 14.4 Å². The van der Waals surface area contributed by atoms with Crippen molar-refractivity contribution in [2.75, 3.05) is 18.0 Å². The van der Waals surface area contributed by atoms with E-state index in [1.54, 1.807) is 18.2 Å². The number of ketones is 2. The van der Waals surface area contributed by atoms with Crippen LogP contribution in [0.4, 0.5) is 5.69 Å². The monoisotopic (exact) mass is 574 g/mol. The number of carbonyl (C=O) groups excluding carboxylic acids is 3. The third-order valence-electron chi connectivity index (χ3n) is 9.27. The maximum atomic E-state index is 14.4. The maximum absolute atomic E-state index is 14.4. The van der Waals surface area contributed by atoms with Crippen molar-refractivity contribution >= 4 is 35.3 Å². The number of fused-ring (bicyclic) bond motifs is 3. The van der Waals surface area contributed by atoms with E-state index in [0.717, 1.165) is 36.7 Å². The van der Waals surface area contributed by atoms with Crippen LogP contribution in [0.2, 0.25) is 0 Å². The highest BCUT2D eigenvalue weighted by Crippen LogP contribution is 2.59. The number of phenols is 1. The van der Waals surface area contributed by atoms with Crippen LogP contribution in [0.5, 0.6) is 5.75 Å². The standard InChI is InChI=1S/C31H34N4O7/c1-4-15-17-10-11-18(35-12-8-7-9-13-35)25(36)20(17)26(37)21-19(15)16(5-2)23-24(34(6-3)14-32)27(38)22(30(33)41)29(40)31(23,42)28(21)39/h4-6,10-11,14-16,19,23-24,32,36-37,40,42H,1-3,7-9,12-13H2,(H2,33,41)/t15-,16-,19-,23-,24-,31-/m0/s1. The maximum Gasteiger partial charge on any atom is 0.255 e. The average Bonchev–Trinajstić information content (AvgIpc) is 2.97. The van der Waals surface area contributed by atoms with Crippen LogP contribution in [0.1, 0.15) is 36.3 Å². The Bertz CT molecular complexity index is 1500. The van der Waals surface area contributed by atoms with Gasteiger partial charge in [0.2, 0.25) is 5.78 Å². The number of aliphatic hydroxyl groups excluding tert-OH is 2. The number of carbonyl (C=O) groups is 3. The average molecular weight is 575 g/mol. The zero-order valence-corrected chi connectivity index (χ0v) is 23.0. The number of hydrogen-bond donors (Lipinski definition) is 6. The highest BCUT2D eigenvalue weighted by atomic mass is 16.3. The molecule has 6 atom stereocenters. The van der Waals surface area contributed by atoms with Crippen molar-refractivity contribution in [1.29, 1.82) is 5.41 Å². The highest BCUT2D eigenvalue weighted by Gasteiger charge is 2.68. The number of nitrogens with zero attached hydrogens (tertiary/aromatic N) is 2. The Labute approximate surface area is 242 Å². The molecule has 2 fully saturated rings. The number of hydrogen-bond acceptors (Lipinski definition) is 9. The van der Waals surface area contributed by atoms with Gasteiger partial charge in [-0.15, -0.1) is 13.2 Å². The summed E-state index contributed by atoms with van der Waals surface area (Å²) in [4.78, 5) is 43.4. The number of anilines is 1. The molecule has 1 aliphatic heterocycles. The SMILES string of the molecule is C=C[C@H]1[C@H]2C(=C(O)c3c(ccc(N4CCCCC4)c3O)[C@@H]2C=C)C(=O)[C@]2(O)C(O)=C(C(N)=O)C(=O)[C@@H](N(C=C)C=N)[C@H]12. The quantitative estimate of drug-likeness (QED) is 0.123. The lowest BCUT2D eigenvalue weighted by Crippen LogP contribution is -2.68. The summed E-state index contributed by atoms with van der Waals surface area (Å²) in [7, 11) is 0. The molecule has 1 amide bonds. The zero-order chi connectivity index (χ0) is 30.7. The van der Waals surface area contributed by atoms with Gasteiger partial charge < -0.3 is 36.0 Å². The second kappa shape index (κ2) is 10.3. The molecular weight excluding hydrogens is 540 g/mol. The number of amides is 1. The van der Waals surface area contributed by atoms with Gasteiger partial charge in [-0.05, 0) is 43.0 Å². The number of phenolic OH excluding ortho intramolecular Hbond substituents is 1. The molecule has 7 N–H and O–H groups in total. The lowest BCUT2D eigenvalue weighted by Gasteiger charge is -2.55. The number of aliphatic hydroxyl groups is 3. The van der Waals surface area contributed by atoms with E-state index in [0.29, 0.717) is 24.3 Å². The van der Waals surface area contributed by atoms with Gasteiger partial charge in [-0.3, -0.25) is 19.8 Å². The van der Waals surface area contributed by atoms with E-state index < -0.39 is 69.9 Å². The van der Waals surface area contributed by atoms with Crippen molar-refractivity contribution in [3.05, 3.63) is 78.3 Å². The minimum atomic E-state index is -2.92. The molecule has 1 aromatic carbocycles. The molecule has 1 aromatic rings. The second-order valence-corrected chi connectivity index (χ2v) is 11.1. The van der Waals surface area contributed by atoms with Gasteiger partial charge in [0, 0.05) is 36.4 Å². The molecule has 5 rings (SSSR count). The summed E-state index contributed by atoms with van der Waals surface area (Å²) in [5.41, 5.74) is 2.16.